The summed E-state index contributed by atoms with van der Waals surface area (Å²) >= 11 is 1.62. The fraction of sp³-hybridized carbons (Fsp3) is 0.370. The van der Waals surface area contributed by atoms with Crippen LogP contribution in [0.4, 0.5) is 4.39 Å². The lowest BCUT2D eigenvalue weighted by Crippen LogP contribution is -2.48. The van der Waals surface area contributed by atoms with Crippen molar-refractivity contribution in [2.45, 2.75) is 23.8 Å². The number of methoxy groups -OCH3 is 2. The predicted molar refractivity (Wildman–Crippen MR) is 143 cm³/mol. The van der Waals surface area contributed by atoms with Crippen LogP contribution in [0.25, 0.3) is 0 Å². The minimum absolute atomic E-state index is 0.0771. The number of carbonyl (C=O) groups is 1. The Balaban J connectivity index is 1.56. The number of carbonyl (C=O) groups excluding carboxylic acids is 1. The van der Waals surface area contributed by atoms with Crippen molar-refractivity contribution in [1.29, 1.82) is 0 Å². The Morgan fingerprint density at radius 3 is 2.63 bits per heavy atom. The predicted octanol–water partition coefficient (Wildman–Crippen LogP) is 4.13. The zero-order valence-electron chi connectivity index (χ0n) is 21.3. The first-order valence-electron chi connectivity index (χ1n) is 12.2. The van der Waals surface area contributed by atoms with Gasteiger partial charge in [0, 0.05) is 37.7 Å². The van der Waals surface area contributed by atoms with Crippen LogP contribution < -0.4 is 9.47 Å². The second-order valence-electron chi connectivity index (χ2n) is 8.78. The van der Waals surface area contributed by atoms with Crippen molar-refractivity contribution >= 4 is 27.3 Å². The summed E-state index contributed by atoms with van der Waals surface area (Å²) in [5, 5.41) is 1.97. The smallest absolute Gasteiger partial charge is 0.243 e. The van der Waals surface area contributed by atoms with Gasteiger partial charge < -0.3 is 19.1 Å². The van der Waals surface area contributed by atoms with Crippen LogP contribution in [0.5, 0.6) is 11.5 Å². The van der Waals surface area contributed by atoms with Gasteiger partial charge in [0.1, 0.15) is 23.9 Å². The molecule has 204 valence electrons. The summed E-state index contributed by atoms with van der Waals surface area (Å²) in [5.74, 6) is 0.157. The van der Waals surface area contributed by atoms with Gasteiger partial charge in [0.15, 0.2) is 0 Å². The highest BCUT2D eigenvalue weighted by Crippen LogP contribution is 2.34. The molecule has 0 spiro atoms. The molecule has 11 heteroatoms. The van der Waals surface area contributed by atoms with Crippen molar-refractivity contribution in [3.63, 3.8) is 0 Å². The maximum Gasteiger partial charge on any atom is 0.243 e. The van der Waals surface area contributed by atoms with Crippen LogP contribution in [0.2, 0.25) is 0 Å². The number of sulfonamides is 1. The molecule has 0 saturated heterocycles. The number of rotatable bonds is 12. The number of thiophene rings is 1. The lowest BCUT2D eigenvalue weighted by atomic mass is 10.0. The summed E-state index contributed by atoms with van der Waals surface area (Å²) in [5.41, 5.74) is 0.968. The Labute approximate surface area is 226 Å². The summed E-state index contributed by atoms with van der Waals surface area (Å²) in [6.45, 7) is 0.699. The Morgan fingerprint density at radius 1 is 1.13 bits per heavy atom. The van der Waals surface area contributed by atoms with E-state index in [0.29, 0.717) is 37.5 Å². The van der Waals surface area contributed by atoms with E-state index in [-0.39, 0.29) is 30.5 Å². The highest BCUT2D eigenvalue weighted by molar-refractivity contribution is 7.89. The molecule has 3 aromatic rings. The number of nitrogens with zero attached hydrogens (tertiary/aromatic N) is 2. The Hall–Kier alpha value is -2.99. The van der Waals surface area contributed by atoms with E-state index in [2.05, 4.69) is 0 Å². The first-order chi connectivity index (χ1) is 18.3. The van der Waals surface area contributed by atoms with Crippen molar-refractivity contribution < 1.29 is 31.8 Å². The number of hydrogen-bond acceptors (Lipinski definition) is 7. The van der Waals surface area contributed by atoms with Gasteiger partial charge in [-0.15, -0.1) is 11.3 Å². The quantitative estimate of drug-likeness (QED) is 0.309. The lowest BCUT2D eigenvalue weighted by molar-refractivity contribution is -0.135. The molecule has 0 N–H and O–H groups in total. The fourth-order valence-corrected chi connectivity index (χ4v) is 6.77. The van der Waals surface area contributed by atoms with Gasteiger partial charge in [0.05, 0.1) is 24.6 Å². The van der Waals surface area contributed by atoms with Gasteiger partial charge >= 0.3 is 0 Å². The average Bonchev–Trinajstić information content (AvgIpc) is 3.40. The largest absolute Gasteiger partial charge is 0.497 e. The fourth-order valence-electron chi connectivity index (χ4n) is 4.41. The van der Waals surface area contributed by atoms with Crippen LogP contribution in [-0.2, 0) is 26.0 Å². The molecule has 0 saturated carbocycles. The standard InChI is InChI=1S/C27H31FN2O6S2/c1-34-15-4-13-29(38(32,33)23-9-7-21(35-2)8-10-23)18-27(31)30-14-11-26-24(12-16-37-26)25(30)19-36-22-6-3-5-20(28)17-22/h3,5-10,12,16-17,25H,4,11,13-15,18-19H2,1-2H3. The second-order valence-corrected chi connectivity index (χ2v) is 11.7. The molecular weight excluding hydrogens is 531 g/mol. The molecule has 0 fully saturated rings. The molecule has 1 amide bonds. The van der Waals surface area contributed by atoms with E-state index in [9.17, 15) is 17.6 Å². The monoisotopic (exact) mass is 562 g/mol. The topological polar surface area (TPSA) is 85.4 Å². The lowest BCUT2D eigenvalue weighted by Gasteiger charge is -2.37. The third kappa shape index (κ3) is 6.52. The maximum absolute atomic E-state index is 13.7. The van der Waals surface area contributed by atoms with Crippen molar-refractivity contribution in [3.8, 4) is 11.5 Å². The van der Waals surface area contributed by atoms with Crippen molar-refractivity contribution in [3.05, 3.63) is 76.2 Å². The van der Waals surface area contributed by atoms with Gasteiger partial charge in [-0.05, 0) is 66.2 Å². The van der Waals surface area contributed by atoms with E-state index in [4.69, 9.17) is 14.2 Å². The Bertz CT molecular complexity index is 1330. The number of ether oxygens (including phenoxy) is 3. The van der Waals surface area contributed by atoms with Crippen molar-refractivity contribution in [2.24, 2.45) is 0 Å². The molecule has 1 aromatic heterocycles. The number of hydrogen-bond donors (Lipinski definition) is 0. The maximum atomic E-state index is 13.7. The Kier molecular flexibility index (Phi) is 9.37. The van der Waals surface area contributed by atoms with Crippen LogP contribution in [0.3, 0.4) is 0 Å². The third-order valence-electron chi connectivity index (χ3n) is 6.38. The molecule has 4 rings (SSSR count). The Morgan fingerprint density at radius 2 is 1.92 bits per heavy atom. The normalized spacial score (nSPS) is 15.4. The summed E-state index contributed by atoms with van der Waals surface area (Å²) in [6, 6.07) is 13.5. The van der Waals surface area contributed by atoms with Gasteiger partial charge in [-0.25, -0.2) is 12.8 Å². The minimum atomic E-state index is -3.96. The third-order valence-corrected chi connectivity index (χ3v) is 9.24. The number of halogens is 1. The summed E-state index contributed by atoms with van der Waals surface area (Å²) in [7, 11) is -0.914. The highest BCUT2D eigenvalue weighted by Gasteiger charge is 2.35. The van der Waals surface area contributed by atoms with Gasteiger partial charge in [-0.1, -0.05) is 6.07 Å². The van der Waals surface area contributed by atoms with Crippen molar-refractivity contribution in [2.75, 3.05) is 47.1 Å². The second kappa shape index (κ2) is 12.7. The first-order valence-corrected chi connectivity index (χ1v) is 14.5. The van der Waals surface area contributed by atoms with Gasteiger partial charge in [0.25, 0.3) is 0 Å². The summed E-state index contributed by atoms with van der Waals surface area (Å²) in [6.07, 6.45) is 1.10. The molecule has 0 bridgehead atoms. The van der Waals surface area contributed by atoms with E-state index in [1.54, 1.807) is 47.6 Å². The molecule has 8 nitrogen and oxygen atoms in total. The molecule has 0 radical (unpaired) electrons. The van der Waals surface area contributed by atoms with E-state index >= 15 is 0 Å². The zero-order valence-corrected chi connectivity index (χ0v) is 23.0. The number of benzene rings is 2. The zero-order chi connectivity index (χ0) is 27.1. The van der Waals surface area contributed by atoms with Gasteiger partial charge in [-0.2, -0.15) is 4.31 Å². The molecule has 1 unspecified atom stereocenters. The van der Waals surface area contributed by atoms with Crippen LogP contribution in [-0.4, -0.2) is 70.6 Å². The highest BCUT2D eigenvalue weighted by atomic mass is 32.2. The van der Waals surface area contributed by atoms with E-state index < -0.39 is 21.9 Å². The molecule has 0 aliphatic carbocycles. The van der Waals surface area contributed by atoms with Crippen LogP contribution >= 0.6 is 11.3 Å². The van der Waals surface area contributed by atoms with Crippen LogP contribution in [0.1, 0.15) is 22.9 Å². The molecular formula is C27H31FN2O6S2. The van der Waals surface area contributed by atoms with Crippen LogP contribution in [0.15, 0.2) is 64.9 Å². The summed E-state index contributed by atoms with van der Waals surface area (Å²) < 4.78 is 58.1. The van der Waals surface area contributed by atoms with E-state index in [0.717, 1.165) is 10.4 Å². The molecule has 1 aliphatic rings. The molecule has 2 aromatic carbocycles. The van der Waals surface area contributed by atoms with E-state index in [1.807, 2.05) is 11.4 Å². The average molecular weight is 563 g/mol. The first kappa shape index (κ1) is 28.0. The SMILES string of the molecule is COCCCN(CC(=O)N1CCc2sccc2C1COc1cccc(F)c1)S(=O)(=O)c1ccc(OC)cc1. The molecule has 1 atom stereocenters. The minimum Gasteiger partial charge on any atom is -0.497 e. The molecule has 38 heavy (non-hydrogen) atoms. The van der Waals surface area contributed by atoms with E-state index in [1.165, 1.54) is 35.7 Å². The van der Waals surface area contributed by atoms with Crippen LogP contribution in [0, 0.1) is 5.82 Å². The van der Waals surface area contributed by atoms with Crippen molar-refractivity contribution in [1.82, 2.24) is 9.21 Å². The molecule has 2 heterocycles. The number of fused-ring (bicyclic) bond motifs is 1. The number of amides is 1. The summed E-state index contributed by atoms with van der Waals surface area (Å²) in [4.78, 5) is 16.6. The molecule has 1 aliphatic heterocycles. The van der Waals surface area contributed by atoms with Gasteiger partial charge in [0.2, 0.25) is 15.9 Å². The van der Waals surface area contributed by atoms with Gasteiger partial charge in [-0.3, -0.25) is 4.79 Å².